The molecule has 0 atom stereocenters. The molecule has 1 aromatic heterocycles. The number of carbonyl (C=O) groups excluding carboxylic acids is 1. The molecular weight excluding hydrogens is 453 g/mol. The number of rotatable bonds is 7. The van der Waals surface area contributed by atoms with Gasteiger partial charge in [-0.3, -0.25) is 4.79 Å². The third-order valence-corrected chi connectivity index (χ3v) is 6.41. The van der Waals surface area contributed by atoms with Gasteiger partial charge in [0.15, 0.2) is 5.82 Å². The van der Waals surface area contributed by atoms with E-state index in [2.05, 4.69) is 56.8 Å². The van der Waals surface area contributed by atoms with Crippen LogP contribution in [0.25, 0.3) is 22.4 Å². The first-order valence-electron chi connectivity index (χ1n) is 12.1. The number of carbonyl (C=O) groups is 1. The summed E-state index contributed by atoms with van der Waals surface area (Å²) in [5, 5.41) is 12.0. The predicted molar refractivity (Wildman–Crippen MR) is 140 cm³/mol. The molecule has 4 aromatic rings. The van der Waals surface area contributed by atoms with Gasteiger partial charge >= 0.3 is 0 Å². The lowest BCUT2D eigenvalue weighted by molar-refractivity contribution is -0.130. The Bertz CT molecular complexity index is 1270. The van der Waals surface area contributed by atoms with E-state index < -0.39 is 0 Å². The van der Waals surface area contributed by atoms with E-state index >= 15 is 0 Å². The van der Waals surface area contributed by atoms with E-state index in [-0.39, 0.29) is 18.3 Å². The Hall–Kier alpha value is -4.10. The van der Waals surface area contributed by atoms with Crippen molar-refractivity contribution in [1.82, 2.24) is 20.4 Å². The number of halogens is 1. The molecule has 3 aromatic carbocycles. The first-order chi connectivity index (χ1) is 17.7. The van der Waals surface area contributed by atoms with Crippen LogP contribution in [0.2, 0.25) is 0 Å². The van der Waals surface area contributed by atoms with E-state index in [1.54, 1.807) is 12.1 Å². The second-order valence-electron chi connectivity index (χ2n) is 8.82. The fourth-order valence-electron chi connectivity index (χ4n) is 4.32. The van der Waals surface area contributed by atoms with Crippen molar-refractivity contribution in [2.24, 2.45) is 0 Å². The SMILES string of the molecule is O=C(CNCc1ccc(F)cc1)N1CCN(c2ccc(-c3ccc(-c4ccccc4)cc3)nn2)CC1. The molecule has 2 heterocycles. The molecule has 0 unspecified atom stereocenters. The lowest BCUT2D eigenvalue weighted by Gasteiger charge is -2.35. The summed E-state index contributed by atoms with van der Waals surface area (Å²) in [6.45, 7) is 3.49. The van der Waals surface area contributed by atoms with Gasteiger partial charge in [0.1, 0.15) is 5.82 Å². The molecule has 182 valence electrons. The normalized spacial score (nSPS) is 13.6. The molecule has 1 amide bonds. The molecule has 1 fully saturated rings. The number of hydrogen-bond acceptors (Lipinski definition) is 5. The van der Waals surface area contributed by atoms with Gasteiger partial charge in [-0.1, -0.05) is 66.7 Å². The standard InChI is InChI=1S/C29H28FN5O/c30-26-12-6-22(7-13-26)20-31-21-29(36)35-18-16-34(17-19-35)28-15-14-27(32-33-28)25-10-8-24(9-11-25)23-4-2-1-3-5-23/h1-15,31H,16-21H2. The third-order valence-electron chi connectivity index (χ3n) is 6.41. The zero-order chi connectivity index (χ0) is 24.7. The van der Waals surface area contributed by atoms with Crippen molar-refractivity contribution in [3.05, 3.63) is 102 Å². The van der Waals surface area contributed by atoms with Crippen molar-refractivity contribution in [3.63, 3.8) is 0 Å². The van der Waals surface area contributed by atoms with Crippen molar-refractivity contribution < 1.29 is 9.18 Å². The lowest BCUT2D eigenvalue weighted by atomic mass is 10.0. The number of nitrogens with one attached hydrogen (secondary N) is 1. The Morgan fingerprint density at radius 1 is 0.750 bits per heavy atom. The number of aromatic nitrogens is 2. The second-order valence-corrected chi connectivity index (χ2v) is 8.82. The van der Waals surface area contributed by atoms with Gasteiger partial charge in [-0.05, 0) is 41.0 Å². The number of nitrogens with zero attached hydrogens (tertiary/aromatic N) is 4. The predicted octanol–water partition coefficient (Wildman–Crippen LogP) is 4.39. The van der Waals surface area contributed by atoms with E-state index in [1.165, 1.54) is 23.3 Å². The molecule has 0 spiro atoms. The van der Waals surface area contributed by atoms with Gasteiger partial charge in [-0.2, -0.15) is 0 Å². The maximum Gasteiger partial charge on any atom is 0.236 e. The molecule has 0 bridgehead atoms. The van der Waals surface area contributed by atoms with Crippen molar-refractivity contribution >= 4 is 11.7 Å². The highest BCUT2D eigenvalue weighted by atomic mass is 19.1. The maximum absolute atomic E-state index is 13.0. The summed E-state index contributed by atoms with van der Waals surface area (Å²) >= 11 is 0. The maximum atomic E-state index is 13.0. The number of anilines is 1. The minimum Gasteiger partial charge on any atom is -0.352 e. The summed E-state index contributed by atoms with van der Waals surface area (Å²) < 4.78 is 13.0. The van der Waals surface area contributed by atoms with Crippen LogP contribution in [0.3, 0.4) is 0 Å². The second kappa shape index (κ2) is 11.1. The molecule has 36 heavy (non-hydrogen) atoms. The van der Waals surface area contributed by atoms with Crippen molar-refractivity contribution in [3.8, 4) is 22.4 Å². The third kappa shape index (κ3) is 5.75. The monoisotopic (exact) mass is 481 g/mol. The Labute approximate surface area is 210 Å². The van der Waals surface area contributed by atoms with Crippen LogP contribution in [-0.2, 0) is 11.3 Å². The smallest absolute Gasteiger partial charge is 0.236 e. The molecule has 7 heteroatoms. The van der Waals surface area contributed by atoms with Crippen LogP contribution in [0.15, 0.2) is 91.0 Å². The van der Waals surface area contributed by atoms with Crippen molar-refractivity contribution in [1.29, 1.82) is 0 Å². The van der Waals surface area contributed by atoms with Crippen LogP contribution in [0.4, 0.5) is 10.2 Å². The Balaban J connectivity index is 1.11. The van der Waals surface area contributed by atoms with E-state index in [1.807, 2.05) is 35.2 Å². The van der Waals surface area contributed by atoms with Crippen LogP contribution >= 0.6 is 0 Å². The van der Waals surface area contributed by atoms with Gasteiger partial charge < -0.3 is 15.1 Å². The summed E-state index contributed by atoms with van der Waals surface area (Å²) in [4.78, 5) is 16.6. The molecule has 1 aliphatic heterocycles. The van der Waals surface area contributed by atoms with Crippen LogP contribution in [0.5, 0.6) is 0 Å². The molecule has 0 aliphatic carbocycles. The largest absolute Gasteiger partial charge is 0.352 e. The van der Waals surface area contributed by atoms with Gasteiger partial charge in [0.2, 0.25) is 5.91 Å². The summed E-state index contributed by atoms with van der Waals surface area (Å²) in [7, 11) is 0. The van der Waals surface area contributed by atoms with Crippen LogP contribution in [0, 0.1) is 5.82 Å². The highest BCUT2D eigenvalue weighted by molar-refractivity contribution is 5.78. The zero-order valence-electron chi connectivity index (χ0n) is 20.0. The lowest BCUT2D eigenvalue weighted by Crippen LogP contribution is -2.51. The van der Waals surface area contributed by atoms with Gasteiger partial charge in [-0.15, -0.1) is 10.2 Å². The zero-order valence-corrected chi connectivity index (χ0v) is 20.0. The number of piperazine rings is 1. The molecule has 1 aliphatic rings. The summed E-state index contributed by atoms with van der Waals surface area (Å²) in [5.41, 5.74) is 5.16. The number of amides is 1. The molecule has 1 saturated heterocycles. The van der Waals surface area contributed by atoms with Crippen LogP contribution < -0.4 is 10.2 Å². The highest BCUT2D eigenvalue weighted by Gasteiger charge is 2.22. The average Bonchev–Trinajstić information content (AvgIpc) is 2.95. The van der Waals surface area contributed by atoms with Crippen LogP contribution in [0.1, 0.15) is 5.56 Å². The first kappa shape index (κ1) is 23.6. The minimum absolute atomic E-state index is 0.0668. The molecular formula is C29H28FN5O. The van der Waals surface area contributed by atoms with Gasteiger partial charge in [0.05, 0.1) is 12.2 Å². The number of hydrogen-bond donors (Lipinski definition) is 1. The first-order valence-corrected chi connectivity index (χ1v) is 12.1. The summed E-state index contributed by atoms with van der Waals surface area (Å²) in [6, 6.07) is 28.9. The van der Waals surface area contributed by atoms with E-state index in [0.29, 0.717) is 32.7 Å². The molecule has 5 rings (SSSR count). The Morgan fingerprint density at radius 3 is 2.08 bits per heavy atom. The fraction of sp³-hybridized carbons (Fsp3) is 0.207. The molecule has 1 N–H and O–H groups in total. The molecule has 0 radical (unpaired) electrons. The van der Waals surface area contributed by atoms with Gasteiger partial charge in [-0.25, -0.2) is 4.39 Å². The van der Waals surface area contributed by atoms with E-state index in [0.717, 1.165) is 22.6 Å². The number of benzene rings is 3. The molecule has 0 saturated carbocycles. The fourth-order valence-corrected chi connectivity index (χ4v) is 4.32. The molecule has 6 nitrogen and oxygen atoms in total. The van der Waals surface area contributed by atoms with Gasteiger partial charge in [0.25, 0.3) is 0 Å². The van der Waals surface area contributed by atoms with Gasteiger partial charge in [0, 0.05) is 38.3 Å². The van der Waals surface area contributed by atoms with E-state index in [9.17, 15) is 9.18 Å². The quantitative estimate of drug-likeness (QED) is 0.424. The highest BCUT2D eigenvalue weighted by Crippen LogP contribution is 2.24. The summed E-state index contributed by atoms with van der Waals surface area (Å²) in [5.74, 6) is 0.628. The Morgan fingerprint density at radius 2 is 1.42 bits per heavy atom. The Kier molecular flexibility index (Phi) is 7.28. The van der Waals surface area contributed by atoms with Crippen LogP contribution in [-0.4, -0.2) is 53.7 Å². The van der Waals surface area contributed by atoms with Crippen molar-refractivity contribution in [2.45, 2.75) is 6.54 Å². The average molecular weight is 482 g/mol. The van der Waals surface area contributed by atoms with E-state index in [4.69, 9.17) is 0 Å². The minimum atomic E-state index is -0.260. The van der Waals surface area contributed by atoms with Crippen molar-refractivity contribution in [2.75, 3.05) is 37.6 Å². The topological polar surface area (TPSA) is 61.4 Å². The summed E-state index contributed by atoms with van der Waals surface area (Å²) in [6.07, 6.45) is 0.